The first-order valence-corrected chi connectivity index (χ1v) is 9.01. The fourth-order valence-electron chi connectivity index (χ4n) is 2.55. The van der Waals surface area contributed by atoms with Gasteiger partial charge < -0.3 is 5.11 Å². The molecular formula is C17H13N3O6S. The largest absolute Gasteiger partial charge is 0.504 e. The fourth-order valence-corrected chi connectivity index (χ4v) is 3.17. The van der Waals surface area contributed by atoms with Gasteiger partial charge in [0.1, 0.15) is 10.6 Å². The maximum Gasteiger partial charge on any atom is 0.298 e. The van der Waals surface area contributed by atoms with Crippen LogP contribution in [0.1, 0.15) is 5.56 Å². The number of phenolic OH excluding ortho intramolecular Hbond substituents is 1. The summed E-state index contributed by atoms with van der Waals surface area (Å²) in [5, 5.41) is 29.9. The highest BCUT2D eigenvalue weighted by Gasteiger charge is 2.21. The van der Waals surface area contributed by atoms with Crippen LogP contribution in [0.2, 0.25) is 0 Å². The Labute approximate surface area is 153 Å². The number of aromatic hydroxyl groups is 1. The molecule has 0 atom stereocenters. The minimum absolute atomic E-state index is 0.146. The Kier molecular flexibility index (Phi) is 4.60. The van der Waals surface area contributed by atoms with Gasteiger partial charge in [0.2, 0.25) is 0 Å². The van der Waals surface area contributed by atoms with Gasteiger partial charge in [-0.1, -0.05) is 30.3 Å². The van der Waals surface area contributed by atoms with E-state index in [0.717, 1.165) is 6.07 Å². The van der Waals surface area contributed by atoms with Crippen LogP contribution >= 0.6 is 0 Å². The van der Waals surface area contributed by atoms with Crippen molar-refractivity contribution in [2.24, 2.45) is 10.2 Å². The zero-order chi connectivity index (χ0) is 19.8. The molecule has 27 heavy (non-hydrogen) atoms. The second kappa shape index (κ2) is 6.74. The zero-order valence-corrected chi connectivity index (χ0v) is 14.7. The summed E-state index contributed by atoms with van der Waals surface area (Å²) in [6.45, 7) is 1.58. The maximum absolute atomic E-state index is 11.5. The number of fused-ring (bicyclic) bond motifs is 1. The maximum atomic E-state index is 11.5. The van der Waals surface area contributed by atoms with E-state index in [0.29, 0.717) is 16.3 Å². The minimum Gasteiger partial charge on any atom is -0.504 e. The van der Waals surface area contributed by atoms with Crippen molar-refractivity contribution < 1.29 is 23.0 Å². The van der Waals surface area contributed by atoms with Crippen molar-refractivity contribution in [3.8, 4) is 5.75 Å². The van der Waals surface area contributed by atoms with E-state index in [1.807, 2.05) is 0 Å². The third-order valence-electron chi connectivity index (χ3n) is 3.89. The van der Waals surface area contributed by atoms with E-state index in [2.05, 4.69) is 10.2 Å². The molecular weight excluding hydrogens is 374 g/mol. The van der Waals surface area contributed by atoms with Gasteiger partial charge in [-0.15, -0.1) is 5.11 Å². The molecule has 3 aromatic rings. The molecule has 0 aliphatic rings. The van der Waals surface area contributed by atoms with E-state index in [-0.39, 0.29) is 17.1 Å². The number of aryl methyl sites for hydroxylation is 1. The molecule has 0 saturated carbocycles. The highest BCUT2D eigenvalue weighted by molar-refractivity contribution is 7.86. The van der Waals surface area contributed by atoms with E-state index in [1.165, 1.54) is 18.2 Å². The molecule has 0 spiro atoms. The molecule has 0 aromatic heterocycles. The van der Waals surface area contributed by atoms with Gasteiger partial charge in [0, 0.05) is 17.0 Å². The van der Waals surface area contributed by atoms with Crippen LogP contribution in [0.4, 0.5) is 17.1 Å². The summed E-state index contributed by atoms with van der Waals surface area (Å²) in [7, 11) is -4.69. The molecule has 0 aliphatic heterocycles. The Hall–Kier alpha value is -3.37. The predicted octanol–water partition coefficient (Wildman–Crippen LogP) is 4.42. The van der Waals surface area contributed by atoms with Crippen molar-refractivity contribution in [3.05, 3.63) is 64.2 Å². The number of benzene rings is 3. The molecule has 10 heteroatoms. The molecule has 9 nitrogen and oxygen atoms in total. The Morgan fingerprint density at radius 2 is 1.78 bits per heavy atom. The monoisotopic (exact) mass is 387 g/mol. The average Bonchev–Trinajstić information content (AvgIpc) is 2.60. The molecule has 0 saturated heterocycles. The summed E-state index contributed by atoms with van der Waals surface area (Å²) < 4.78 is 32.4. The highest BCUT2D eigenvalue weighted by Crippen LogP contribution is 2.41. The average molecular weight is 387 g/mol. The second-order valence-electron chi connectivity index (χ2n) is 5.70. The molecule has 0 radical (unpaired) electrons. The Morgan fingerprint density at radius 3 is 2.44 bits per heavy atom. The number of nitro benzene ring substituents is 1. The SMILES string of the molecule is Cc1ccc(N=Nc2c(O)c(S(=O)(=O)O)cc3ccccc23)cc1[N+](=O)[O-]. The van der Waals surface area contributed by atoms with E-state index < -0.39 is 25.7 Å². The van der Waals surface area contributed by atoms with Crippen LogP contribution in [0.15, 0.2) is 63.7 Å². The van der Waals surface area contributed by atoms with Crippen molar-refractivity contribution in [2.45, 2.75) is 11.8 Å². The summed E-state index contributed by atoms with van der Waals surface area (Å²) in [6, 6.07) is 11.8. The van der Waals surface area contributed by atoms with E-state index in [9.17, 15) is 28.2 Å². The van der Waals surface area contributed by atoms with Crippen molar-refractivity contribution in [3.63, 3.8) is 0 Å². The van der Waals surface area contributed by atoms with Gasteiger partial charge in [-0.3, -0.25) is 14.7 Å². The summed E-state index contributed by atoms with van der Waals surface area (Å²) in [6.07, 6.45) is 0. The summed E-state index contributed by atoms with van der Waals surface area (Å²) in [5.74, 6) is -0.762. The van der Waals surface area contributed by atoms with Crippen LogP contribution in [0.25, 0.3) is 10.8 Å². The first kappa shape index (κ1) is 18.4. The molecule has 3 aromatic carbocycles. The number of phenols is 1. The van der Waals surface area contributed by atoms with E-state index in [4.69, 9.17) is 0 Å². The number of hydrogen-bond donors (Lipinski definition) is 2. The van der Waals surface area contributed by atoms with Gasteiger partial charge in [0.05, 0.1) is 10.6 Å². The molecule has 0 bridgehead atoms. The molecule has 2 N–H and O–H groups in total. The van der Waals surface area contributed by atoms with Crippen molar-refractivity contribution in [1.29, 1.82) is 0 Å². The second-order valence-corrected chi connectivity index (χ2v) is 7.09. The molecule has 138 valence electrons. The van der Waals surface area contributed by atoms with E-state index in [1.54, 1.807) is 31.2 Å². The van der Waals surface area contributed by atoms with Gasteiger partial charge >= 0.3 is 0 Å². The first-order chi connectivity index (χ1) is 12.7. The third kappa shape index (κ3) is 3.61. The van der Waals surface area contributed by atoms with Crippen molar-refractivity contribution in [1.82, 2.24) is 0 Å². The number of nitro groups is 1. The third-order valence-corrected chi connectivity index (χ3v) is 4.76. The number of nitrogens with zero attached hydrogens (tertiary/aromatic N) is 3. The lowest BCUT2D eigenvalue weighted by Crippen LogP contribution is -1.98. The lowest BCUT2D eigenvalue weighted by Gasteiger charge is -2.08. The van der Waals surface area contributed by atoms with Crippen molar-refractivity contribution in [2.75, 3.05) is 0 Å². The van der Waals surface area contributed by atoms with Gasteiger partial charge in [0.15, 0.2) is 5.75 Å². The lowest BCUT2D eigenvalue weighted by atomic mass is 10.1. The summed E-state index contributed by atoms with van der Waals surface area (Å²) in [5.41, 5.74) is 0.268. The van der Waals surface area contributed by atoms with Gasteiger partial charge in [-0.05, 0) is 24.4 Å². The quantitative estimate of drug-likeness (QED) is 0.293. The number of hydrogen-bond acceptors (Lipinski definition) is 7. The van der Waals surface area contributed by atoms with E-state index >= 15 is 0 Å². The van der Waals surface area contributed by atoms with Crippen LogP contribution in [0.5, 0.6) is 5.75 Å². The standard InChI is InChI=1S/C17H13N3O6S/c1-10-6-7-12(9-14(10)20(22)23)18-19-16-13-5-3-2-4-11(13)8-15(17(16)21)27(24,25)26/h2-9,21H,1H3,(H,24,25,26). The number of azo groups is 1. The minimum atomic E-state index is -4.69. The smallest absolute Gasteiger partial charge is 0.298 e. The molecule has 0 amide bonds. The number of rotatable bonds is 4. The fraction of sp³-hybridized carbons (Fsp3) is 0.0588. The van der Waals surface area contributed by atoms with Crippen LogP contribution in [0, 0.1) is 17.0 Å². The first-order valence-electron chi connectivity index (χ1n) is 7.57. The molecule has 0 fully saturated rings. The molecule has 0 aliphatic carbocycles. The van der Waals surface area contributed by atoms with Gasteiger partial charge in [-0.2, -0.15) is 13.5 Å². The molecule has 0 heterocycles. The molecule has 0 unspecified atom stereocenters. The summed E-state index contributed by atoms with van der Waals surface area (Å²) >= 11 is 0. The normalized spacial score (nSPS) is 11.9. The predicted molar refractivity (Wildman–Crippen MR) is 97.4 cm³/mol. The molecule has 3 rings (SSSR count). The van der Waals surface area contributed by atoms with Crippen LogP contribution in [-0.2, 0) is 10.1 Å². The van der Waals surface area contributed by atoms with Gasteiger partial charge in [0.25, 0.3) is 15.8 Å². The van der Waals surface area contributed by atoms with Gasteiger partial charge in [-0.25, -0.2) is 0 Å². The summed E-state index contributed by atoms with van der Waals surface area (Å²) in [4.78, 5) is 9.77. The zero-order valence-electron chi connectivity index (χ0n) is 13.9. The van der Waals surface area contributed by atoms with Crippen LogP contribution < -0.4 is 0 Å². The Bertz CT molecular complexity index is 1200. The topological polar surface area (TPSA) is 142 Å². The van der Waals surface area contributed by atoms with Crippen LogP contribution in [-0.4, -0.2) is 23.0 Å². The highest BCUT2D eigenvalue weighted by atomic mass is 32.2. The lowest BCUT2D eigenvalue weighted by molar-refractivity contribution is -0.385. The van der Waals surface area contributed by atoms with Crippen molar-refractivity contribution >= 4 is 38.0 Å². The van der Waals surface area contributed by atoms with Crippen LogP contribution in [0.3, 0.4) is 0 Å². The Morgan fingerprint density at radius 1 is 1.07 bits per heavy atom. The Balaban J connectivity index is 2.20.